The molecule has 7 heteroatoms. The SMILES string of the molecule is CCNC(=NCc1nc(C)c(C)o1)NCC(c1ccccc1)N1CCCC1.I. The minimum atomic E-state index is 0. The van der Waals surface area contributed by atoms with E-state index in [1.807, 2.05) is 13.8 Å². The van der Waals surface area contributed by atoms with E-state index in [0.29, 0.717) is 18.5 Å². The molecule has 28 heavy (non-hydrogen) atoms. The maximum absolute atomic E-state index is 5.64. The molecule has 1 unspecified atom stereocenters. The van der Waals surface area contributed by atoms with Crippen LogP contribution in [0.15, 0.2) is 39.7 Å². The molecule has 154 valence electrons. The van der Waals surface area contributed by atoms with Crippen molar-refractivity contribution in [1.29, 1.82) is 0 Å². The molecule has 0 radical (unpaired) electrons. The number of halogens is 1. The van der Waals surface area contributed by atoms with Crippen LogP contribution in [0.1, 0.15) is 48.7 Å². The summed E-state index contributed by atoms with van der Waals surface area (Å²) < 4.78 is 5.64. The van der Waals surface area contributed by atoms with Crippen LogP contribution in [0.4, 0.5) is 0 Å². The molecule has 0 spiro atoms. The number of benzene rings is 1. The third-order valence-corrected chi connectivity index (χ3v) is 5.02. The van der Waals surface area contributed by atoms with Gasteiger partial charge >= 0.3 is 0 Å². The van der Waals surface area contributed by atoms with Crippen LogP contribution in [-0.2, 0) is 6.54 Å². The number of guanidine groups is 1. The Morgan fingerprint density at radius 1 is 1.18 bits per heavy atom. The Bertz CT molecular complexity index is 721. The fraction of sp³-hybridized carbons (Fsp3) is 0.524. The number of rotatable bonds is 7. The van der Waals surface area contributed by atoms with E-state index in [1.54, 1.807) is 0 Å². The summed E-state index contributed by atoms with van der Waals surface area (Å²) in [5, 5.41) is 6.84. The van der Waals surface area contributed by atoms with E-state index in [1.165, 1.54) is 18.4 Å². The Morgan fingerprint density at radius 3 is 2.50 bits per heavy atom. The summed E-state index contributed by atoms with van der Waals surface area (Å²) in [7, 11) is 0. The van der Waals surface area contributed by atoms with Crippen LogP contribution in [0.5, 0.6) is 0 Å². The number of nitrogens with one attached hydrogen (secondary N) is 2. The van der Waals surface area contributed by atoms with E-state index < -0.39 is 0 Å². The van der Waals surface area contributed by atoms with Crippen molar-refractivity contribution in [2.75, 3.05) is 26.2 Å². The smallest absolute Gasteiger partial charge is 0.216 e. The molecule has 1 atom stereocenters. The molecular formula is C21H32IN5O. The largest absolute Gasteiger partial charge is 0.444 e. The molecule has 1 aliphatic heterocycles. The molecule has 1 aromatic heterocycles. The fourth-order valence-electron chi connectivity index (χ4n) is 3.47. The van der Waals surface area contributed by atoms with Crippen molar-refractivity contribution in [2.45, 2.75) is 46.2 Å². The first-order valence-electron chi connectivity index (χ1n) is 9.91. The van der Waals surface area contributed by atoms with Gasteiger partial charge in [0.2, 0.25) is 5.89 Å². The number of hydrogen-bond acceptors (Lipinski definition) is 4. The first-order chi connectivity index (χ1) is 13.2. The second-order valence-electron chi connectivity index (χ2n) is 6.99. The van der Waals surface area contributed by atoms with Crippen molar-refractivity contribution >= 4 is 29.9 Å². The van der Waals surface area contributed by atoms with E-state index in [2.05, 4.69) is 62.8 Å². The monoisotopic (exact) mass is 497 g/mol. The van der Waals surface area contributed by atoms with Gasteiger partial charge in [-0.25, -0.2) is 9.98 Å². The summed E-state index contributed by atoms with van der Waals surface area (Å²) >= 11 is 0. The minimum Gasteiger partial charge on any atom is -0.444 e. The van der Waals surface area contributed by atoms with Gasteiger partial charge in [-0.2, -0.15) is 0 Å². The molecule has 6 nitrogen and oxygen atoms in total. The van der Waals surface area contributed by atoms with Gasteiger partial charge < -0.3 is 15.1 Å². The number of likely N-dealkylation sites (tertiary alicyclic amines) is 1. The molecule has 0 saturated carbocycles. The summed E-state index contributed by atoms with van der Waals surface area (Å²) in [5.41, 5.74) is 2.28. The highest BCUT2D eigenvalue weighted by atomic mass is 127. The molecule has 2 N–H and O–H groups in total. The van der Waals surface area contributed by atoms with Crippen molar-refractivity contribution in [2.24, 2.45) is 4.99 Å². The van der Waals surface area contributed by atoms with Gasteiger partial charge in [-0.3, -0.25) is 4.90 Å². The number of oxazole rings is 1. The number of aliphatic imine (C=N–C) groups is 1. The first-order valence-corrected chi connectivity index (χ1v) is 9.91. The van der Waals surface area contributed by atoms with E-state index >= 15 is 0 Å². The van der Waals surface area contributed by atoms with Crippen molar-refractivity contribution in [3.63, 3.8) is 0 Å². The van der Waals surface area contributed by atoms with E-state index in [9.17, 15) is 0 Å². The second-order valence-corrected chi connectivity index (χ2v) is 6.99. The van der Waals surface area contributed by atoms with Gasteiger partial charge in [0.1, 0.15) is 12.3 Å². The Hall–Kier alpha value is -1.61. The molecule has 1 fully saturated rings. The average molecular weight is 497 g/mol. The Kier molecular flexibility index (Phi) is 9.24. The zero-order valence-corrected chi connectivity index (χ0v) is 19.4. The zero-order chi connectivity index (χ0) is 19.1. The van der Waals surface area contributed by atoms with E-state index in [0.717, 1.165) is 43.6 Å². The maximum Gasteiger partial charge on any atom is 0.216 e. The van der Waals surface area contributed by atoms with Crippen molar-refractivity contribution in [3.05, 3.63) is 53.2 Å². The van der Waals surface area contributed by atoms with Gasteiger partial charge in [0.05, 0.1) is 11.7 Å². The highest BCUT2D eigenvalue weighted by molar-refractivity contribution is 14.0. The molecule has 0 aliphatic carbocycles. The topological polar surface area (TPSA) is 65.7 Å². The summed E-state index contributed by atoms with van der Waals surface area (Å²) in [6.07, 6.45) is 2.56. The molecule has 1 aliphatic rings. The highest BCUT2D eigenvalue weighted by Crippen LogP contribution is 2.24. The van der Waals surface area contributed by atoms with Crippen molar-refractivity contribution < 1.29 is 4.42 Å². The molecule has 0 amide bonds. The number of aryl methyl sites for hydroxylation is 2. The van der Waals surface area contributed by atoms with Gasteiger partial charge in [-0.1, -0.05) is 30.3 Å². The maximum atomic E-state index is 5.64. The predicted molar refractivity (Wildman–Crippen MR) is 124 cm³/mol. The molecule has 2 heterocycles. The summed E-state index contributed by atoms with van der Waals surface area (Å²) in [5.74, 6) is 2.31. The quantitative estimate of drug-likeness (QED) is 0.346. The van der Waals surface area contributed by atoms with Crippen LogP contribution in [-0.4, -0.2) is 42.0 Å². The standard InChI is InChI=1S/C21H31N5O.HI/c1-4-22-21(24-15-20-25-16(2)17(3)27-20)23-14-19(26-12-8-9-13-26)18-10-6-5-7-11-18;/h5-7,10-11,19H,4,8-9,12-15H2,1-3H3,(H2,22,23,24);1H. The lowest BCUT2D eigenvalue weighted by molar-refractivity contribution is 0.245. The molecular weight excluding hydrogens is 465 g/mol. The average Bonchev–Trinajstić information content (AvgIpc) is 3.31. The van der Waals surface area contributed by atoms with Crippen LogP contribution < -0.4 is 10.6 Å². The van der Waals surface area contributed by atoms with Crippen LogP contribution >= 0.6 is 24.0 Å². The van der Waals surface area contributed by atoms with Crippen LogP contribution in [0.2, 0.25) is 0 Å². The van der Waals surface area contributed by atoms with Gasteiger partial charge in [0, 0.05) is 13.1 Å². The van der Waals surface area contributed by atoms with Crippen molar-refractivity contribution in [1.82, 2.24) is 20.5 Å². The van der Waals surface area contributed by atoms with Crippen molar-refractivity contribution in [3.8, 4) is 0 Å². The van der Waals surface area contributed by atoms with Crippen LogP contribution in [0.3, 0.4) is 0 Å². The lowest BCUT2D eigenvalue weighted by Crippen LogP contribution is -2.42. The number of nitrogens with zero attached hydrogens (tertiary/aromatic N) is 3. The van der Waals surface area contributed by atoms with Crippen LogP contribution in [0.25, 0.3) is 0 Å². The van der Waals surface area contributed by atoms with E-state index in [-0.39, 0.29) is 24.0 Å². The minimum absolute atomic E-state index is 0. The lowest BCUT2D eigenvalue weighted by Gasteiger charge is -2.29. The number of aromatic nitrogens is 1. The highest BCUT2D eigenvalue weighted by Gasteiger charge is 2.23. The predicted octanol–water partition coefficient (Wildman–Crippen LogP) is 3.80. The fourth-order valence-corrected chi connectivity index (χ4v) is 3.47. The molecule has 0 bridgehead atoms. The van der Waals surface area contributed by atoms with Crippen LogP contribution in [0, 0.1) is 13.8 Å². The molecule has 2 aromatic rings. The second kappa shape index (κ2) is 11.4. The third-order valence-electron chi connectivity index (χ3n) is 5.02. The molecule has 3 rings (SSSR count). The van der Waals surface area contributed by atoms with E-state index in [4.69, 9.17) is 4.42 Å². The molecule has 1 aromatic carbocycles. The summed E-state index contributed by atoms with van der Waals surface area (Å²) in [4.78, 5) is 11.6. The Balaban J connectivity index is 0.00000280. The number of hydrogen-bond donors (Lipinski definition) is 2. The lowest BCUT2D eigenvalue weighted by atomic mass is 10.1. The zero-order valence-electron chi connectivity index (χ0n) is 17.1. The van der Waals surface area contributed by atoms with Gasteiger partial charge in [-0.15, -0.1) is 24.0 Å². The normalized spacial score (nSPS) is 15.9. The Morgan fingerprint density at radius 2 is 1.89 bits per heavy atom. The van der Waals surface area contributed by atoms with Gasteiger partial charge in [-0.05, 0) is 52.3 Å². The van der Waals surface area contributed by atoms with Gasteiger partial charge in [0.25, 0.3) is 0 Å². The third kappa shape index (κ3) is 6.20. The Labute approximate surface area is 185 Å². The van der Waals surface area contributed by atoms with Gasteiger partial charge in [0.15, 0.2) is 5.96 Å². The summed E-state index contributed by atoms with van der Waals surface area (Å²) in [6, 6.07) is 11.1. The first kappa shape index (κ1) is 22.7. The molecule has 1 saturated heterocycles. The summed E-state index contributed by atoms with van der Waals surface area (Å²) in [6.45, 7) is 10.3.